The summed E-state index contributed by atoms with van der Waals surface area (Å²) >= 11 is 3.26. The van der Waals surface area contributed by atoms with Gasteiger partial charge in [-0.1, -0.05) is 6.07 Å². The van der Waals surface area contributed by atoms with Crippen LogP contribution in [0.15, 0.2) is 40.0 Å². The molecule has 9 heteroatoms. The molecule has 1 aromatic heterocycles. The van der Waals surface area contributed by atoms with E-state index in [0.717, 1.165) is 5.56 Å². The number of nitrogens with zero attached hydrogens (tertiary/aromatic N) is 3. The summed E-state index contributed by atoms with van der Waals surface area (Å²) in [5.41, 5.74) is 0.968. The van der Waals surface area contributed by atoms with Gasteiger partial charge in [-0.25, -0.2) is 18.1 Å². The largest absolute Gasteiger partial charge is 0.316 e. The Kier molecular flexibility index (Phi) is 4.63. The van der Waals surface area contributed by atoms with Crippen molar-refractivity contribution in [2.24, 2.45) is 0 Å². The van der Waals surface area contributed by atoms with Gasteiger partial charge in [-0.15, -0.1) is 5.10 Å². The molecular weight excluding hydrogens is 346 g/mol. The van der Waals surface area contributed by atoms with E-state index in [4.69, 9.17) is 0 Å². The van der Waals surface area contributed by atoms with Crippen LogP contribution in [-0.4, -0.2) is 30.6 Å². The molecule has 20 heavy (non-hydrogen) atoms. The standard InChI is InChI=1S/C11H12BrN5O2S/c1-13-7-8-2-3-10(9(12)6-8)20(18,19)17-11-14-4-5-15-16-11/h2-6,13H,7H2,1H3,(H,14,16,17). The maximum atomic E-state index is 12.2. The van der Waals surface area contributed by atoms with Crippen molar-refractivity contribution in [2.75, 3.05) is 11.8 Å². The number of sulfonamides is 1. The van der Waals surface area contributed by atoms with E-state index < -0.39 is 10.0 Å². The molecule has 0 radical (unpaired) electrons. The first-order chi connectivity index (χ1) is 9.53. The normalized spacial score (nSPS) is 11.3. The van der Waals surface area contributed by atoms with Crippen molar-refractivity contribution in [3.63, 3.8) is 0 Å². The van der Waals surface area contributed by atoms with Crippen molar-refractivity contribution < 1.29 is 8.42 Å². The lowest BCUT2D eigenvalue weighted by Crippen LogP contribution is -2.16. The minimum atomic E-state index is -3.76. The van der Waals surface area contributed by atoms with Crippen LogP contribution in [0, 0.1) is 0 Å². The highest BCUT2D eigenvalue weighted by molar-refractivity contribution is 9.10. The van der Waals surface area contributed by atoms with Gasteiger partial charge >= 0.3 is 0 Å². The fraction of sp³-hybridized carbons (Fsp3) is 0.182. The average Bonchev–Trinajstić information content (AvgIpc) is 2.39. The van der Waals surface area contributed by atoms with E-state index in [1.807, 2.05) is 7.05 Å². The SMILES string of the molecule is CNCc1ccc(S(=O)(=O)Nc2nccnn2)c(Br)c1. The van der Waals surface area contributed by atoms with Crippen LogP contribution in [0.3, 0.4) is 0 Å². The van der Waals surface area contributed by atoms with Crippen molar-refractivity contribution in [3.8, 4) is 0 Å². The van der Waals surface area contributed by atoms with Crippen molar-refractivity contribution >= 4 is 31.9 Å². The summed E-state index contributed by atoms with van der Waals surface area (Å²) < 4.78 is 27.2. The zero-order valence-corrected chi connectivity index (χ0v) is 12.9. The van der Waals surface area contributed by atoms with Crippen LogP contribution >= 0.6 is 15.9 Å². The first-order valence-electron chi connectivity index (χ1n) is 5.62. The highest BCUT2D eigenvalue weighted by Gasteiger charge is 2.19. The number of anilines is 1. The molecule has 2 N–H and O–H groups in total. The Balaban J connectivity index is 2.30. The van der Waals surface area contributed by atoms with Gasteiger partial charge < -0.3 is 5.32 Å². The molecule has 1 aromatic carbocycles. The monoisotopic (exact) mass is 357 g/mol. The van der Waals surface area contributed by atoms with Crippen molar-refractivity contribution in [1.29, 1.82) is 0 Å². The van der Waals surface area contributed by atoms with Crippen LogP contribution in [0.5, 0.6) is 0 Å². The smallest absolute Gasteiger partial charge is 0.265 e. The van der Waals surface area contributed by atoms with Crippen LogP contribution in [0.1, 0.15) is 5.56 Å². The maximum absolute atomic E-state index is 12.2. The Morgan fingerprint density at radius 3 is 2.70 bits per heavy atom. The molecule has 0 aliphatic rings. The highest BCUT2D eigenvalue weighted by atomic mass is 79.9. The lowest BCUT2D eigenvalue weighted by molar-refractivity contribution is 0.600. The third-order valence-electron chi connectivity index (χ3n) is 2.37. The number of hydrogen-bond donors (Lipinski definition) is 2. The predicted octanol–water partition coefficient (Wildman–Crippen LogP) is 1.15. The van der Waals surface area contributed by atoms with Gasteiger partial charge in [0.1, 0.15) is 4.90 Å². The fourth-order valence-electron chi connectivity index (χ4n) is 1.55. The summed E-state index contributed by atoms with van der Waals surface area (Å²) in [7, 11) is -1.94. The third kappa shape index (κ3) is 3.50. The van der Waals surface area contributed by atoms with Crippen LogP contribution < -0.4 is 10.0 Å². The highest BCUT2D eigenvalue weighted by Crippen LogP contribution is 2.24. The molecule has 106 valence electrons. The summed E-state index contributed by atoms with van der Waals surface area (Å²) in [5.74, 6) is -0.0706. The summed E-state index contributed by atoms with van der Waals surface area (Å²) in [4.78, 5) is 3.89. The van der Waals surface area contributed by atoms with Crippen LogP contribution in [0.25, 0.3) is 0 Å². The quantitative estimate of drug-likeness (QED) is 0.833. The second-order valence-corrected chi connectivity index (χ2v) is 6.37. The van der Waals surface area contributed by atoms with E-state index in [2.05, 4.69) is 41.2 Å². The van der Waals surface area contributed by atoms with Crippen LogP contribution in [-0.2, 0) is 16.6 Å². The van der Waals surface area contributed by atoms with Crippen molar-refractivity contribution in [3.05, 3.63) is 40.6 Å². The van der Waals surface area contributed by atoms with E-state index in [-0.39, 0.29) is 10.8 Å². The minimum Gasteiger partial charge on any atom is -0.316 e. The van der Waals surface area contributed by atoms with E-state index in [0.29, 0.717) is 11.0 Å². The van der Waals surface area contributed by atoms with Gasteiger partial charge in [0.05, 0.1) is 12.4 Å². The lowest BCUT2D eigenvalue weighted by atomic mass is 10.2. The molecule has 2 rings (SSSR count). The molecule has 0 amide bonds. The van der Waals surface area contributed by atoms with Gasteiger partial charge in [0.15, 0.2) is 0 Å². The third-order valence-corrected chi connectivity index (χ3v) is 4.68. The fourth-order valence-corrected chi connectivity index (χ4v) is 3.62. The first-order valence-corrected chi connectivity index (χ1v) is 7.90. The first kappa shape index (κ1) is 14.8. The van der Waals surface area contributed by atoms with E-state index in [1.54, 1.807) is 12.1 Å². The van der Waals surface area contributed by atoms with E-state index in [1.165, 1.54) is 18.5 Å². The van der Waals surface area contributed by atoms with Crippen molar-refractivity contribution in [2.45, 2.75) is 11.4 Å². The molecule has 2 aromatic rings. The molecule has 0 saturated carbocycles. The van der Waals surface area contributed by atoms with Gasteiger partial charge in [0.25, 0.3) is 16.0 Å². The number of rotatable bonds is 5. The number of nitrogens with one attached hydrogen (secondary N) is 2. The Labute approximate surface area is 125 Å². The predicted molar refractivity (Wildman–Crippen MR) is 77.5 cm³/mol. The molecule has 0 fully saturated rings. The zero-order chi connectivity index (χ0) is 14.6. The molecule has 0 unspecified atom stereocenters. The van der Waals surface area contributed by atoms with Gasteiger partial charge in [-0.3, -0.25) is 0 Å². The Bertz CT molecular complexity index is 693. The molecule has 0 atom stereocenters. The molecule has 0 aliphatic heterocycles. The van der Waals surface area contributed by atoms with Gasteiger partial charge in [-0.2, -0.15) is 5.10 Å². The second-order valence-electron chi connectivity index (χ2n) is 3.87. The molecule has 0 bridgehead atoms. The number of aromatic nitrogens is 3. The summed E-state index contributed by atoms with van der Waals surface area (Å²) in [6.07, 6.45) is 2.72. The lowest BCUT2D eigenvalue weighted by Gasteiger charge is -2.09. The zero-order valence-electron chi connectivity index (χ0n) is 10.5. The van der Waals surface area contributed by atoms with Gasteiger partial charge in [-0.05, 0) is 40.7 Å². The summed E-state index contributed by atoms with van der Waals surface area (Å²) in [5, 5.41) is 10.1. The molecule has 7 nitrogen and oxygen atoms in total. The van der Waals surface area contributed by atoms with Crippen LogP contribution in [0.2, 0.25) is 0 Å². The number of benzene rings is 1. The summed E-state index contributed by atoms with van der Waals surface area (Å²) in [6, 6.07) is 5.00. The second kappa shape index (κ2) is 6.25. The summed E-state index contributed by atoms with van der Waals surface area (Å²) in [6.45, 7) is 0.651. The van der Waals surface area contributed by atoms with Gasteiger partial charge in [0, 0.05) is 11.0 Å². The van der Waals surface area contributed by atoms with Crippen molar-refractivity contribution in [1.82, 2.24) is 20.5 Å². The number of halogens is 1. The molecular formula is C11H12BrN5O2S. The Morgan fingerprint density at radius 2 is 2.10 bits per heavy atom. The minimum absolute atomic E-state index is 0.0706. The van der Waals surface area contributed by atoms with Crippen LogP contribution in [0.4, 0.5) is 5.95 Å². The van der Waals surface area contributed by atoms with E-state index >= 15 is 0 Å². The average molecular weight is 358 g/mol. The molecule has 0 spiro atoms. The Hall–Kier alpha value is -1.58. The van der Waals surface area contributed by atoms with Gasteiger partial charge in [0.2, 0.25) is 0 Å². The molecule has 0 saturated heterocycles. The Morgan fingerprint density at radius 1 is 1.30 bits per heavy atom. The maximum Gasteiger partial charge on any atom is 0.265 e. The topological polar surface area (TPSA) is 96.9 Å². The number of hydrogen-bond acceptors (Lipinski definition) is 6. The molecule has 0 aliphatic carbocycles. The molecule has 1 heterocycles. The van der Waals surface area contributed by atoms with E-state index in [9.17, 15) is 8.42 Å².